The fourth-order valence-corrected chi connectivity index (χ4v) is 3.69. The van der Waals surface area contributed by atoms with Gasteiger partial charge >= 0.3 is 6.03 Å². The highest BCUT2D eigenvalue weighted by Crippen LogP contribution is 2.24. The summed E-state index contributed by atoms with van der Waals surface area (Å²) in [5, 5.41) is 4.04. The first-order valence-electron chi connectivity index (χ1n) is 9.25. The Morgan fingerprint density at radius 1 is 1.21 bits per heavy atom. The summed E-state index contributed by atoms with van der Waals surface area (Å²) in [6, 6.07) is 7.82. The zero-order valence-corrected chi connectivity index (χ0v) is 16.2. The Morgan fingerprint density at radius 3 is 2.82 bits per heavy atom. The average molecular weight is 377 g/mol. The molecular weight excluding hydrogens is 354 g/mol. The third-order valence-electron chi connectivity index (χ3n) is 5.05. The predicted molar refractivity (Wildman–Crippen MR) is 108 cm³/mol. The molecule has 0 spiro atoms. The summed E-state index contributed by atoms with van der Waals surface area (Å²) in [4.78, 5) is 36.0. The van der Waals surface area contributed by atoms with Crippen molar-refractivity contribution in [3.63, 3.8) is 0 Å². The zero-order valence-electron chi connectivity index (χ0n) is 16.2. The van der Waals surface area contributed by atoms with E-state index in [1.54, 1.807) is 36.3 Å². The number of aromatic amines is 1. The average Bonchev–Trinajstić information content (AvgIpc) is 3.05. The summed E-state index contributed by atoms with van der Waals surface area (Å²) >= 11 is 0. The molecule has 0 atom stereocenters. The Morgan fingerprint density at radius 2 is 2.04 bits per heavy atom. The van der Waals surface area contributed by atoms with Gasteiger partial charge in [0.15, 0.2) is 0 Å². The number of carbonyl (C=O) groups excluding carboxylic acids is 2. The summed E-state index contributed by atoms with van der Waals surface area (Å²) in [6.45, 7) is 3.06. The fraction of sp³-hybridized carbons (Fsp3) is 0.286. The number of aromatic nitrogens is 2. The molecule has 0 bridgehead atoms. The lowest BCUT2D eigenvalue weighted by atomic mass is 9.96. The topological polar surface area (TPSA) is 81.3 Å². The highest BCUT2D eigenvalue weighted by molar-refractivity contribution is 6.06. The van der Waals surface area contributed by atoms with Crippen LogP contribution in [0.3, 0.4) is 0 Å². The van der Waals surface area contributed by atoms with Crippen molar-refractivity contribution in [2.45, 2.75) is 19.9 Å². The summed E-state index contributed by atoms with van der Waals surface area (Å²) in [5.41, 5.74) is 5.32. The van der Waals surface area contributed by atoms with Crippen LogP contribution in [0.5, 0.6) is 0 Å². The molecule has 0 radical (unpaired) electrons. The van der Waals surface area contributed by atoms with Gasteiger partial charge in [0.05, 0.1) is 5.56 Å². The molecule has 3 heterocycles. The Hall–Kier alpha value is -3.35. The van der Waals surface area contributed by atoms with Crippen LogP contribution < -0.4 is 5.32 Å². The third kappa shape index (κ3) is 3.31. The lowest BCUT2D eigenvalue weighted by Crippen LogP contribution is -2.42. The van der Waals surface area contributed by atoms with Gasteiger partial charge in [0, 0.05) is 61.9 Å². The van der Waals surface area contributed by atoms with Crippen LogP contribution in [0, 0.1) is 6.92 Å². The third-order valence-corrected chi connectivity index (χ3v) is 5.05. The summed E-state index contributed by atoms with van der Waals surface area (Å²) < 4.78 is 0. The number of hydrogen-bond donors (Lipinski definition) is 2. The second-order valence-corrected chi connectivity index (χ2v) is 7.38. The van der Waals surface area contributed by atoms with E-state index in [4.69, 9.17) is 0 Å². The smallest absolute Gasteiger partial charge is 0.319 e. The molecule has 1 aliphatic heterocycles. The van der Waals surface area contributed by atoms with E-state index in [9.17, 15) is 9.59 Å². The van der Waals surface area contributed by atoms with Gasteiger partial charge in [-0.3, -0.25) is 9.78 Å². The molecule has 0 aliphatic carbocycles. The fourth-order valence-electron chi connectivity index (χ4n) is 3.69. The number of amides is 3. The Kier molecular flexibility index (Phi) is 4.50. The van der Waals surface area contributed by atoms with Gasteiger partial charge in [0.1, 0.15) is 0 Å². The van der Waals surface area contributed by atoms with E-state index in [0.717, 1.165) is 33.4 Å². The highest BCUT2D eigenvalue weighted by Gasteiger charge is 2.25. The lowest BCUT2D eigenvalue weighted by Gasteiger charge is -2.31. The van der Waals surface area contributed by atoms with Gasteiger partial charge < -0.3 is 20.1 Å². The predicted octanol–water partition coefficient (Wildman–Crippen LogP) is 3.16. The second kappa shape index (κ2) is 6.99. The molecule has 1 aromatic carbocycles. The molecule has 0 unspecified atom stereocenters. The molecule has 2 aromatic heterocycles. The number of rotatable bonds is 2. The number of anilines is 1. The van der Waals surface area contributed by atoms with E-state index in [0.29, 0.717) is 25.1 Å². The van der Waals surface area contributed by atoms with Gasteiger partial charge in [0.2, 0.25) is 0 Å². The Balaban J connectivity index is 1.57. The Bertz CT molecular complexity index is 1070. The van der Waals surface area contributed by atoms with Crippen LogP contribution in [-0.4, -0.2) is 52.3 Å². The van der Waals surface area contributed by atoms with Crippen molar-refractivity contribution < 1.29 is 9.59 Å². The molecule has 7 nitrogen and oxygen atoms in total. The van der Waals surface area contributed by atoms with Crippen LogP contribution >= 0.6 is 0 Å². The van der Waals surface area contributed by atoms with Crippen molar-refractivity contribution in [2.24, 2.45) is 0 Å². The minimum Gasteiger partial charge on any atom is -0.359 e. The number of aryl methyl sites for hydroxylation is 1. The molecule has 0 saturated heterocycles. The minimum absolute atomic E-state index is 0.0318. The van der Waals surface area contributed by atoms with Crippen LogP contribution in [0.4, 0.5) is 10.5 Å². The van der Waals surface area contributed by atoms with Gasteiger partial charge in [0.25, 0.3) is 5.91 Å². The van der Waals surface area contributed by atoms with Crippen molar-refractivity contribution in [2.75, 3.05) is 26.0 Å². The number of nitrogens with zero attached hydrogens (tertiary/aromatic N) is 3. The van der Waals surface area contributed by atoms with E-state index in [-0.39, 0.29) is 11.9 Å². The van der Waals surface area contributed by atoms with Crippen molar-refractivity contribution in [1.29, 1.82) is 0 Å². The summed E-state index contributed by atoms with van der Waals surface area (Å²) in [7, 11) is 3.48. The van der Waals surface area contributed by atoms with Crippen LogP contribution in [0.2, 0.25) is 0 Å². The van der Waals surface area contributed by atoms with Gasteiger partial charge in [-0.1, -0.05) is 0 Å². The molecule has 28 heavy (non-hydrogen) atoms. The maximum absolute atomic E-state index is 12.9. The SMILES string of the molecule is Cc1cc2cc(NC(=O)c3cncc4c3CCN(C(=O)N(C)C)C4)ccc2[nH]1. The van der Waals surface area contributed by atoms with E-state index < -0.39 is 0 Å². The molecule has 2 N–H and O–H groups in total. The number of hydrogen-bond acceptors (Lipinski definition) is 3. The number of benzene rings is 1. The van der Waals surface area contributed by atoms with Gasteiger partial charge in [-0.25, -0.2) is 4.79 Å². The van der Waals surface area contributed by atoms with Crippen molar-refractivity contribution >= 4 is 28.5 Å². The first-order chi connectivity index (χ1) is 13.4. The minimum atomic E-state index is -0.177. The van der Waals surface area contributed by atoms with E-state index in [1.165, 1.54) is 0 Å². The first-order valence-corrected chi connectivity index (χ1v) is 9.25. The number of nitrogens with one attached hydrogen (secondary N) is 2. The maximum atomic E-state index is 12.9. The van der Waals surface area contributed by atoms with Crippen molar-refractivity contribution in [3.8, 4) is 0 Å². The van der Waals surface area contributed by atoms with Crippen molar-refractivity contribution in [3.05, 3.63) is 59.0 Å². The standard InChI is InChI=1S/C21H23N5O2/c1-13-8-14-9-16(4-5-19(14)23-13)24-20(27)18-11-22-10-15-12-26(7-6-17(15)18)21(28)25(2)3/h4-5,8-11,23H,6-7,12H2,1-3H3,(H,24,27). The maximum Gasteiger partial charge on any atom is 0.319 e. The largest absolute Gasteiger partial charge is 0.359 e. The number of carbonyl (C=O) groups is 2. The molecule has 7 heteroatoms. The van der Waals surface area contributed by atoms with Gasteiger partial charge in [-0.15, -0.1) is 0 Å². The normalized spacial score (nSPS) is 13.3. The monoisotopic (exact) mass is 377 g/mol. The second-order valence-electron chi connectivity index (χ2n) is 7.38. The molecule has 144 valence electrons. The highest BCUT2D eigenvalue weighted by atomic mass is 16.2. The van der Waals surface area contributed by atoms with Crippen LogP contribution in [0.1, 0.15) is 27.2 Å². The van der Waals surface area contributed by atoms with Crippen molar-refractivity contribution in [1.82, 2.24) is 19.8 Å². The van der Waals surface area contributed by atoms with E-state index in [1.807, 2.05) is 31.2 Å². The number of H-pyrrole nitrogens is 1. The lowest BCUT2D eigenvalue weighted by molar-refractivity contribution is 0.102. The molecular formula is C21H23N5O2. The molecule has 0 saturated carbocycles. The Labute approximate surface area is 163 Å². The molecule has 3 amide bonds. The zero-order chi connectivity index (χ0) is 19.8. The number of pyridine rings is 1. The quantitative estimate of drug-likeness (QED) is 0.720. The van der Waals surface area contributed by atoms with Crippen LogP contribution in [0.15, 0.2) is 36.7 Å². The first kappa shape index (κ1) is 18.0. The molecule has 1 aliphatic rings. The van der Waals surface area contributed by atoms with Crippen LogP contribution in [0.25, 0.3) is 10.9 Å². The molecule has 4 rings (SSSR count). The van der Waals surface area contributed by atoms with Gasteiger partial charge in [-0.05, 0) is 48.7 Å². The van der Waals surface area contributed by atoms with Crippen LogP contribution in [-0.2, 0) is 13.0 Å². The van der Waals surface area contributed by atoms with Gasteiger partial charge in [-0.2, -0.15) is 0 Å². The van der Waals surface area contributed by atoms with E-state index in [2.05, 4.69) is 15.3 Å². The molecule has 0 fully saturated rings. The summed E-state index contributed by atoms with van der Waals surface area (Å²) in [5.74, 6) is -0.177. The summed E-state index contributed by atoms with van der Waals surface area (Å²) in [6.07, 6.45) is 3.99. The van der Waals surface area contributed by atoms with E-state index >= 15 is 0 Å². The number of fused-ring (bicyclic) bond motifs is 2. The molecule has 3 aromatic rings. The number of urea groups is 1.